The summed E-state index contributed by atoms with van der Waals surface area (Å²) in [4.78, 5) is 23.6. The molecule has 0 saturated heterocycles. The van der Waals surface area contributed by atoms with Crippen LogP contribution in [-0.2, 0) is 14.3 Å². The van der Waals surface area contributed by atoms with Crippen LogP contribution in [0, 0.1) is 0 Å². The predicted molar refractivity (Wildman–Crippen MR) is 84.6 cm³/mol. The molecule has 1 amide bonds. The summed E-state index contributed by atoms with van der Waals surface area (Å²) in [5, 5.41) is 2.87. The smallest absolute Gasteiger partial charge is 0.308 e. The van der Waals surface area contributed by atoms with Crippen molar-refractivity contribution in [1.82, 2.24) is 5.32 Å². The van der Waals surface area contributed by atoms with Gasteiger partial charge in [-0.05, 0) is 37.6 Å². The molecule has 3 N–H and O–H groups in total. The standard InChI is InChI=1S/C15H21BrN2O3/c1-2-21-15(20)10-13(18-14(19)4-3-9-17)11-5-7-12(16)8-6-11/h5-8,13H,2-4,9-10,17H2,1H3,(H,18,19). The highest BCUT2D eigenvalue weighted by atomic mass is 79.9. The molecule has 1 rings (SSSR count). The van der Waals surface area contributed by atoms with Crippen LogP contribution in [0.4, 0.5) is 0 Å². The van der Waals surface area contributed by atoms with Gasteiger partial charge in [-0.15, -0.1) is 0 Å². The zero-order valence-electron chi connectivity index (χ0n) is 12.1. The molecule has 21 heavy (non-hydrogen) atoms. The van der Waals surface area contributed by atoms with Gasteiger partial charge in [-0.3, -0.25) is 9.59 Å². The summed E-state index contributed by atoms with van der Waals surface area (Å²) in [7, 11) is 0. The first-order valence-corrected chi connectivity index (χ1v) is 7.76. The lowest BCUT2D eigenvalue weighted by Gasteiger charge is -2.18. The van der Waals surface area contributed by atoms with E-state index in [9.17, 15) is 9.59 Å². The fraction of sp³-hybridized carbons (Fsp3) is 0.467. The number of rotatable bonds is 8. The molecule has 6 heteroatoms. The maximum absolute atomic E-state index is 11.9. The average Bonchev–Trinajstić information content (AvgIpc) is 2.45. The molecule has 116 valence electrons. The van der Waals surface area contributed by atoms with Gasteiger partial charge in [0.1, 0.15) is 0 Å². The van der Waals surface area contributed by atoms with Crippen molar-refractivity contribution in [2.45, 2.75) is 32.2 Å². The van der Waals surface area contributed by atoms with Gasteiger partial charge in [-0.25, -0.2) is 0 Å². The molecule has 1 aromatic carbocycles. The minimum Gasteiger partial charge on any atom is -0.466 e. The third kappa shape index (κ3) is 6.73. The molecule has 0 saturated carbocycles. The predicted octanol–water partition coefficient (Wildman–Crippen LogP) is 2.30. The third-order valence-electron chi connectivity index (χ3n) is 2.89. The Morgan fingerprint density at radius 1 is 1.33 bits per heavy atom. The molecule has 0 spiro atoms. The first kappa shape index (κ1) is 17.7. The molecular weight excluding hydrogens is 336 g/mol. The minimum absolute atomic E-state index is 0.113. The Morgan fingerprint density at radius 3 is 2.57 bits per heavy atom. The van der Waals surface area contributed by atoms with Crippen LogP contribution in [0.2, 0.25) is 0 Å². The highest BCUT2D eigenvalue weighted by Crippen LogP contribution is 2.20. The second-order valence-corrected chi connectivity index (χ2v) is 5.49. The molecule has 5 nitrogen and oxygen atoms in total. The fourth-order valence-corrected chi connectivity index (χ4v) is 2.13. The van der Waals surface area contributed by atoms with Crippen molar-refractivity contribution in [3.05, 3.63) is 34.3 Å². The SMILES string of the molecule is CCOC(=O)CC(NC(=O)CCCN)c1ccc(Br)cc1. The minimum atomic E-state index is -0.387. The number of amides is 1. The quantitative estimate of drug-likeness (QED) is 0.700. The van der Waals surface area contributed by atoms with Gasteiger partial charge in [-0.2, -0.15) is 0 Å². The van der Waals surface area contributed by atoms with Crippen molar-refractivity contribution in [3.8, 4) is 0 Å². The molecule has 1 atom stereocenters. The van der Waals surface area contributed by atoms with Crippen molar-refractivity contribution in [2.75, 3.05) is 13.2 Å². The van der Waals surface area contributed by atoms with Crippen LogP contribution in [0.1, 0.15) is 37.8 Å². The van der Waals surface area contributed by atoms with Gasteiger partial charge in [0.15, 0.2) is 0 Å². The van der Waals surface area contributed by atoms with Crippen LogP contribution in [0.15, 0.2) is 28.7 Å². The average molecular weight is 357 g/mol. The van der Waals surface area contributed by atoms with Gasteiger partial charge >= 0.3 is 5.97 Å². The maximum atomic E-state index is 11.9. The van der Waals surface area contributed by atoms with Gasteiger partial charge in [-0.1, -0.05) is 28.1 Å². The number of nitrogens with two attached hydrogens (primary N) is 1. The van der Waals surface area contributed by atoms with E-state index in [1.807, 2.05) is 24.3 Å². The van der Waals surface area contributed by atoms with Crippen molar-refractivity contribution >= 4 is 27.8 Å². The number of carbonyl (C=O) groups excluding carboxylic acids is 2. The zero-order valence-corrected chi connectivity index (χ0v) is 13.7. The molecule has 0 bridgehead atoms. The Balaban J connectivity index is 2.76. The van der Waals surface area contributed by atoms with E-state index in [4.69, 9.17) is 10.5 Å². The van der Waals surface area contributed by atoms with Crippen LogP contribution in [-0.4, -0.2) is 25.0 Å². The van der Waals surface area contributed by atoms with Crippen molar-refractivity contribution < 1.29 is 14.3 Å². The molecular formula is C15H21BrN2O3. The van der Waals surface area contributed by atoms with E-state index in [1.54, 1.807) is 6.92 Å². The molecule has 0 aliphatic heterocycles. The second-order valence-electron chi connectivity index (χ2n) is 4.57. The van der Waals surface area contributed by atoms with Crippen molar-refractivity contribution in [3.63, 3.8) is 0 Å². The monoisotopic (exact) mass is 356 g/mol. The summed E-state index contributed by atoms with van der Waals surface area (Å²) in [5.74, 6) is -0.442. The van der Waals surface area contributed by atoms with Crippen LogP contribution in [0.3, 0.4) is 0 Å². The Morgan fingerprint density at radius 2 is 2.00 bits per heavy atom. The lowest BCUT2D eigenvalue weighted by molar-refractivity contribution is -0.143. The highest BCUT2D eigenvalue weighted by molar-refractivity contribution is 9.10. The number of halogens is 1. The Kier molecular flexibility index (Phi) is 8.00. The molecule has 1 aromatic rings. The molecule has 0 aliphatic carbocycles. The number of nitrogens with one attached hydrogen (secondary N) is 1. The topological polar surface area (TPSA) is 81.4 Å². The summed E-state index contributed by atoms with van der Waals surface area (Å²) in [6.45, 7) is 2.55. The fourth-order valence-electron chi connectivity index (χ4n) is 1.86. The summed E-state index contributed by atoms with van der Waals surface area (Å²) >= 11 is 3.36. The number of esters is 1. The first-order valence-electron chi connectivity index (χ1n) is 6.97. The van der Waals surface area contributed by atoms with E-state index < -0.39 is 0 Å². The molecule has 0 heterocycles. The van der Waals surface area contributed by atoms with Crippen LogP contribution < -0.4 is 11.1 Å². The zero-order chi connectivity index (χ0) is 15.7. The maximum Gasteiger partial charge on any atom is 0.308 e. The van der Waals surface area contributed by atoms with E-state index in [1.165, 1.54) is 0 Å². The number of hydrogen-bond acceptors (Lipinski definition) is 4. The number of benzene rings is 1. The summed E-state index contributed by atoms with van der Waals surface area (Å²) in [5.41, 5.74) is 6.26. The second kappa shape index (κ2) is 9.52. The van der Waals surface area contributed by atoms with Gasteiger partial charge in [0.25, 0.3) is 0 Å². The van der Waals surface area contributed by atoms with Crippen LogP contribution in [0.5, 0.6) is 0 Å². The van der Waals surface area contributed by atoms with Crippen molar-refractivity contribution in [1.29, 1.82) is 0 Å². The number of ether oxygens (including phenoxy) is 1. The first-order chi connectivity index (χ1) is 10.1. The summed E-state index contributed by atoms with van der Waals surface area (Å²) in [6, 6.07) is 7.11. The molecule has 0 radical (unpaired) electrons. The van der Waals surface area contributed by atoms with Crippen molar-refractivity contribution in [2.24, 2.45) is 5.73 Å². The van der Waals surface area contributed by atoms with Gasteiger partial charge in [0, 0.05) is 10.9 Å². The van der Waals surface area contributed by atoms with E-state index in [-0.39, 0.29) is 24.3 Å². The van der Waals surface area contributed by atoms with E-state index in [2.05, 4.69) is 21.2 Å². The molecule has 0 fully saturated rings. The molecule has 0 aliphatic rings. The molecule has 1 unspecified atom stereocenters. The van der Waals surface area contributed by atoms with Gasteiger partial charge < -0.3 is 15.8 Å². The lowest BCUT2D eigenvalue weighted by atomic mass is 10.0. The highest BCUT2D eigenvalue weighted by Gasteiger charge is 2.19. The Labute approximate surface area is 133 Å². The number of carbonyl (C=O) groups is 2. The van der Waals surface area contributed by atoms with Crippen LogP contribution >= 0.6 is 15.9 Å². The third-order valence-corrected chi connectivity index (χ3v) is 3.42. The van der Waals surface area contributed by atoms with E-state index >= 15 is 0 Å². The summed E-state index contributed by atoms with van der Waals surface area (Å²) < 4.78 is 5.90. The normalized spacial score (nSPS) is 11.8. The molecule has 0 aromatic heterocycles. The Hall–Kier alpha value is -1.40. The number of hydrogen-bond donors (Lipinski definition) is 2. The summed E-state index contributed by atoms with van der Waals surface area (Å²) in [6.07, 6.45) is 1.09. The Bertz CT molecular complexity index is 462. The van der Waals surface area contributed by atoms with Crippen LogP contribution in [0.25, 0.3) is 0 Å². The lowest BCUT2D eigenvalue weighted by Crippen LogP contribution is -2.30. The van der Waals surface area contributed by atoms with E-state index in [0.717, 1.165) is 10.0 Å². The van der Waals surface area contributed by atoms with Gasteiger partial charge in [0.05, 0.1) is 19.1 Å². The largest absolute Gasteiger partial charge is 0.466 e. The van der Waals surface area contributed by atoms with E-state index in [0.29, 0.717) is 26.0 Å². The van der Waals surface area contributed by atoms with Gasteiger partial charge in [0.2, 0.25) is 5.91 Å².